The Morgan fingerprint density at radius 1 is 1.50 bits per heavy atom. The first kappa shape index (κ1) is 10.9. The molecule has 0 aliphatic heterocycles. The molecule has 0 radical (unpaired) electrons. The van der Waals surface area contributed by atoms with E-state index >= 15 is 0 Å². The van der Waals surface area contributed by atoms with Gasteiger partial charge in [-0.2, -0.15) is 0 Å². The molecule has 0 saturated carbocycles. The van der Waals surface area contributed by atoms with Gasteiger partial charge in [-0.3, -0.25) is 0 Å². The van der Waals surface area contributed by atoms with Gasteiger partial charge in [0.25, 0.3) is 0 Å². The number of benzene rings is 1. The molecule has 0 aromatic heterocycles. The summed E-state index contributed by atoms with van der Waals surface area (Å²) >= 11 is 0. The van der Waals surface area contributed by atoms with Gasteiger partial charge < -0.3 is 15.6 Å². The normalized spacial score (nSPS) is 14.9. The van der Waals surface area contributed by atoms with Crippen LogP contribution in [0.1, 0.15) is 18.5 Å². The van der Waals surface area contributed by atoms with Crippen molar-refractivity contribution in [1.82, 2.24) is 0 Å². The summed E-state index contributed by atoms with van der Waals surface area (Å²) in [6.45, 7) is 1.55. The van der Waals surface area contributed by atoms with E-state index < -0.39 is 18.0 Å². The number of halogens is 1. The van der Waals surface area contributed by atoms with E-state index in [9.17, 15) is 9.50 Å². The van der Waals surface area contributed by atoms with Gasteiger partial charge in [0.2, 0.25) is 0 Å². The van der Waals surface area contributed by atoms with Crippen LogP contribution in [0.3, 0.4) is 0 Å². The molecule has 14 heavy (non-hydrogen) atoms. The molecule has 3 N–H and O–H groups in total. The second kappa shape index (κ2) is 4.39. The molecule has 0 spiro atoms. The van der Waals surface area contributed by atoms with Crippen LogP contribution in [0.5, 0.6) is 5.75 Å². The van der Waals surface area contributed by atoms with Crippen LogP contribution in [0.4, 0.5) is 4.39 Å². The zero-order valence-electron chi connectivity index (χ0n) is 8.20. The van der Waals surface area contributed by atoms with Gasteiger partial charge in [0.05, 0.1) is 19.3 Å². The highest BCUT2D eigenvalue weighted by Crippen LogP contribution is 2.26. The van der Waals surface area contributed by atoms with Gasteiger partial charge >= 0.3 is 0 Å². The van der Waals surface area contributed by atoms with E-state index in [-0.39, 0.29) is 0 Å². The molecule has 1 rings (SSSR count). The second-order valence-corrected chi connectivity index (χ2v) is 3.15. The monoisotopic (exact) mass is 199 g/mol. The Labute approximate surface area is 82.3 Å². The average molecular weight is 199 g/mol. The summed E-state index contributed by atoms with van der Waals surface area (Å²) in [5, 5.41) is 9.28. The first-order chi connectivity index (χ1) is 6.56. The molecule has 0 fully saturated rings. The van der Waals surface area contributed by atoms with Crippen LogP contribution in [0.2, 0.25) is 0 Å². The fourth-order valence-corrected chi connectivity index (χ4v) is 1.23. The molecule has 0 unspecified atom stereocenters. The number of nitrogens with two attached hydrogens (primary N) is 1. The number of rotatable bonds is 3. The van der Waals surface area contributed by atoms with Gasteiger partial charge in [0, 0.05) is 5.56 Å². The Morgan fingerprint density at radius 2 is 2.14 bits per heavy atom. The Hall–Kier alpha value is -1.13. The van der Waals surface area contributed by atoms with Crippen LogP contribution in [-0.2, 0) is 0 Å². The zero-order valence-corrected chi connectivity index (χ0v) is 8.20. The molecular weight excluding hydrogens is 185 g/mol. The average Bonchev–Trinajstić information content (AvgIpc) is 2.16. The Balaban J connectivity index is 3.10. The van der Waals surface area contributed by atoms with Gasteiger partial charge in [-0.1, -0.05) is 0 Å². The van der Waals surface area contributed by atoms with Gasteiger partial charge in [-0.05, 0) is 25.1 Å². The quantitative estimate of drug-likeness (QED) is 0.769. The minimum Gasteiger partial charge on any atom is -0.496 e. The number of ether oxygens (including phenoxy) is 1. The minimum atomic E-state index is -0.745. The van der Waals surface area contributed by atoms with Crippen LogP contribution in [0.25, 0.3) is 0 Å². The summed E-state index contributed by atoms with van der Waals surface area (Å²) in [5.41, 5.74) is 6.16. The van der Waals surface area contributed by atoms with Crippen LogP contribution >= 0.6 is 0 Å². The van der Waals surface area contributed by atoms with Crippen LogP contribution in [0, 0.1) is 5.82 Å². The van der Waals surface area contributed by atoms with E-state index in [1.54, 1.807) is 6.92 Å². The largest absolute Gasteiger partial charge is 0.496 e. The molecule has 0 saturated heterocycles. The van der Waals surface area contributed by atoms with E-state index in [0.29, 0.717) is 11.3 Å². The van der Waals surface area contributed by atoms with Crippen LogP contribution in [0.15, 0.2) is 18.2 Å². The third-order valence-corrected chi connectivity index (χ3v) is 2.07. The lowest BCUT2D eigenvalue weighted by Gasteiger charge is -2.17. The lowest BCUT2D eigenvalue weighted by molar-refractivity contribution is 0.162. The molecule has 78 valence electrons. The number of hydrogen-bond acceptors (Lipinski definition) is 3. The summed E-state index contributed by atoms with van der Waals surface area (Å²) in [5.74, 6) is 0.0942. The van der Waals surface area contributed by atoms with Crippen LogP contribution in [-0.4, -0.2) is 18.3 Å². The summed E-state index contributed by atoms with van der Waals surface area (Å²) in [7, 11) is 1.48. The summed E-state index contributed by atoms with van der Waals surface area (Å²) < 4.78 is 17.9. The highest BCUT2D eigenvalue weighted by molar-refractivity contribution is 5.36. The molecule has 0 heterocycles. The second-order valence-electron chi connectivity index (χ2n) is 3.15. The summed E-state index contributed by atoms with van der Waals surface area (Å²) in [6, 6.07) is 3.42. The van der Waals surface area contributed by atoms with E-state index in [0.717, 1.165) is 0 Å². The number of aliphatic hydroxyl groups excluding tert-OH is 1. The predicted molar refractivity (Wildman–Crippen MR) is 51.6 cm³/mol. The highest BCUT2D eigenvalue weighted by atomic mass is 19.1. The van der Waals surface area contributed by atoms with E-state index in [1.165, 1.54) is 25.3 Å². The minimum absolute atomic E-state index is 0.392. The number of aliphatic hydroxyl groups is 1. The molecule has 0 aliphatic rings. The van der Waals surface area contributed by atoms with Crippen molar-refractivity contribution in [2.75, 3.05) is 7.11 Å². The van der Waals surface area contributed by atoms with Crippen molar-refractivity contribution < 1.29 is 14.2 Å². The topological polar surface area (TPSA) is 55.5 Å². The third-order valence-electron chi connectivity index (χ3n) is 2.07. The zero-order chi connectivity index (χ0) is 10.7. The van der Waals surface area contributed by atoms with Crippen molar-refractivity contribution in [3.63, 3.8) is 0 Å². The SMILES string of the molecule is COc1ccc(F)cc1[C@H](N)[C@@H](C)O. The van der Waals surface area contributed by atoms with Crippen LogP contribution < -0.4 is 10.5 Å². The maximum absolute atomic E-state index is 12.9. The van der Waals surface area contributed by atoms with E-state index in [4.69, 9.17) is 10.5 Å². The van der Waals surface area contributed by atoms with Crippen molar-refractivity contribution in [2.45, 2.75) is 19.1 Å². The predicted octanol–water partition coefficient (Wildman–Crippen LogP) is 1.21. The molecule has 2 atom stereocenters. The van der Waals surface area contributed by atoms with Gasteiger partial charge in [0.1, 0.15) is 11.6 Å². The standard InChI is InChI=1S/C10H14FNO2/c1-6(13)10(12)8-5-7(11)3-4-9(8)14-2/h3-6,10,13H,12H2,1-2H3/t6-,10-/m1/s1. The smallest absolute Gasteiger partial charge is 0.123 e. The molecule has 4 heteroatoms. The fraction of sp³-hybridized carbons (Fsp3) is 0.400. The lowest BCUT2D eigenvalue weighted by atomic mass is 10.0. The Bertz CT molecular complexity index is 315. The lowest BCUT2D eigenvalue weighted by Crippen LogP contribution is -2.23. The maximum atomic E-state index is 12.9. The molecular formula is C10H14FNO2. The summed E-state index contributed by atoms with van der Waals surface area (Å²) in [4.78, 5) is 0. The molecule has 0 aliphatic carbocycles. The number of methoxy groups -OCH3 is 1. The first-order valence-electron chi connectivity index (χ1n) is 4.33. The van der Waals surface area contributed by atoms with Crippen molar-refractivity contribution in [3.8, 4) is 5.75 Å². The molecule has 1 aromatic carbocycles. The van der Waals surface area contributed by atoms with E-state index in [2.05, 4.69) is 0 Å². The number of hydrogen-bond donors (Lipinski definition) is 2. The first-order valence-corrected chi connectivity index (χ1v) is 4.33. The fourth-order valence-electron chi connectivity index (χ4n) is 1.23. The highest BCUT2D eigenvalue weighted by Gasteiger charge is 2.17. The maximum Gasteiger partial charge on any atom is 0.123 e. The van der Waals surface area contributed by atoms with Gasteiger partial charge in [0.15, 0.2) is 0 Å². The van der Waals surface area contributed by atoms with Crippen molar-refractivity contribution in [2.24, 2.45) is 5.73 Å². The molecule has 3 nitrogen and oxygen atoms in total. The summed E-state index contributed by atoms with van der Waals surface area (Å²) in [6.07, 6.45) is -0.745. The molecule has 0 bridgehead atoms. The molecule has 0 amide bonds. The Kier molecular flexibility index (Phi) is 3.43. The van der Waals surface area contributed by atoms with Crippen molar-refractivity contribution in [3.05, 3.63) is 29.6 Å². The van der Waals surface area contributed by atoms with E-state index in [1.807, 2.05) is 0 Å². The third kappa shape index (κ3) is 2.21. The Morgan fingerprint density at radius 3 is 2.64 bits per heavy atom. The van der Waals surface area contributed by atoms with Gasteiger partial charge in [-0.15, -0.1) is 0 Å². The van der Waals surface area contributed by atoms with Gasteiger partial charge in [-0.25, -0.2) is 4.39 Å². The van der Waals surface area contributed by atoms with Crippen molar-refractivity contribution in [1.29, 1.82) is 0 Å². The molecule has 1 aromatic rings. The van der Waals surface area contributed by atoms with Crippen molar-refractivity contribution >= 4 is 0 Å².